The van der Waals surface area contributed by atoms with E-state index >= 15 is 0 Å². The lowest BCUT2D eigenvalue weighted by molar-refractivity contribution is 0.626. The van der Waals surface area contributed by atoms with Crippen LogP contribution >= 0.6 is 0 Å². The maximum absolute atomic E-state index is 13.3. The summed E-state index contributed by atoms with van der Waals surface area (Å²) in [5.74, 6) is 0.475. The minimum atomic E-state index is -0.213. The molecule has 0 bridgehead atoms. The number of allylic oxidation sites excluding steroid dienone is 2. The Kier molecular flexibility index (Phi) is 3.49. The Bertz CT molecular complexity index is 1050. The van der Waals surface area contributed by atoms with Crippen molar-refractivity contribution in [2.45, 2.75) is 18.8 Å². The zero-order chi connectivity index (χ0) is 17.5. The van der Waals surface area contributed by atoms with Crippen LogP contribution in [0, 0.1) is 5.82 Å². The molecule has 2 aromatic carbocycles. The molecule has 3 aromatic rings. The van der Waals surface area contributed by atoms with E-state index in [1.807, 2.05) is 36.5 Å². The van der Waals surface area contributed by atoms with Crippen LogP contribution in [0.1, 0.15) is 29.0 Å². The molecule has 3 nitrogen and oxygen atoms in total. The molecule has 0 saturated heterocycles. The lowest BCUT2D eigenvalue weighted by Crippen LogP contribution is -2.14. The molecule has 1 aromatic heterocycles. The first kappa shape index (κ1) is 15.1. The highest BCUT2D eigenvalue weighted by atomic mass is 19.1. The van der Waals surface area contributed by atoms with Crippen LogP contribution < -0.4 is 0 Å². The summed E-state index contributed by atoms with van der Waals surface area (Å²) in [6.07, 6.45) is 7.62. The van der Waals surface area contributed by atoms with Crippen molar-refractivity contribution in [2.75, 3.05) is 0 Å². The van der Waals surface area contributed by atoms with E-state index in [2.05, 4.69) is 28.2 Å². The van der Waals surface area contributed by atoms with Crippen LogP contribution in [-0.2, 0) is 6.42 Å². The SMILES string of the molecule is Fc1ccc(C2Cc3cnc(N=C4C=CC4)nc3-c3ccccc32)cc1. The Balaban J connectivity index is 1.62. The second-order valence-electron chi connectivity index (χ2n) is 6.65. The Morgan fingerprint density at radius 3 is 2.62 bits per heavy atom. The number of halogens is 1. The second kappa shape index (κ2) is 5.99. The predicted octanol–water partition coefficient (Wildman–Crippen LogP) is 5.00. The van der Waals surface area contributed by atoms with Gasteiger partial charge in [0, 0.05) is 29.8 Å². The van der Waals surface area contributed by atoms with Gasteiger partial charge in [-0.15, -0.1) is 0 Å². The van der Waals surface area contributed by atoms with Gasteiger partial charge in [0.05, 0.1) is 5.69 Å². The summed E-state index contributed by atoms with van der Waals surface area (Å²) < 4.78 is 13.3. The zero-order valence-corrected chi connectivity index (χ0v) is 14.1. The van der Waals surface area contributed by atoms with Gasteiger partial charge >= 0.3 is 0 Å². The van der Waals surface area contributed by atoms with Crippen LogP contribution in [0.25, 0.3) is 11.3 Å². The number of nitrogens with zero attached hydrogens (tertiary/aromatic N) is 3. The number of rotatable bonds is 2. The van der Waals surface area contributed by atoms with Crippen molar-refractivity contribution in [2.24, 2.45) is 4.99 Å². The number of benzene rings is 2. The van der Waals surface area contributed by atoms with E-state index in [1.165, 1.54) is 17.7 Å². The van der Waals surface area contributed by atoms with Gasteiger partial charge in [0.25, 0.3) is 0 Å². The first-order chi connectivity index (χ1) is 12.8. The predicted molar refractivity (Wildman–Crippen MR) is 100 cm³/mol. The summed E-state index contributed by atoms with van der Waals surface area (Å²) >= 11 is 0. The van der Waals surface area contributed by atoms with Crippen LogP contribution in [-0.4, -0.2) is 15.7 Å². The molecule has 1 atom stereocenters. The molecule has 2 aliphatic rings. The van der Waals surface area contributed by atoms with E-state index < -0.39 is 0 Å². The molecule has 2 aliphatic carbocycles. The highest BCUT2D eigenvalue weighted by molar-refractivity contribution is 6.02. The topological polar surface area (TPSA) is 38.1 Å². The fourth-order valence-corrected chi connectivity index (χ4v) is 3.61. The van der Waals surface area contributed by atoms with Crippen molar-refractivity contribution in [1.29, 1.82) is 0 Å². The molecule has 0 spiro atoms. The lowest BCUT2D eigenvalue weighted by atomic mass is 9.78. The van der Waals surface area contributed by atoms with E-state index in [9.17, 15) is 4.39 Å². The van der Waals surface area contributed by atoms with E-state index in [1.54, 1.807) is 0 Å². The molecule has 1 heterocycles. The van der Waals surface area contributed by atoms with Gasteiger partial charge in [0.1, 0.15) is 5.82 Å². The summed E-state index contributed by atoms with van der Waals surface area (Å²) in [4.78, 5) is 13.7. The Morgan fingerprint density at radius 2 is 1.85 bits per heavy atom. The third kappa shape index (κ3) is 2.54. The summed E-state index contributed by atoms with van der Waals surface area (Å²) in [6.45, 7) is 0. The molecule has 4 heteroatoms. The van der Waals surface area contributed by atoms with E-state index in [0.29, 0.717) is 5.95 Å². The Morgan fingerprint density at radius 1 is 1.04 bits per heavy atom. The smallest absolute Gasteiger partial charge is 0.219 e. The standard InChI is InChI=1S/C22H16FN3/c23-16-10-8-14(9-11-16)20-12-15-13-24-22(25-17-4-3-5-17)26-21(15)19-7-2-1-6-18(19)20/h1-4,6-11,13,20H,5,12H2. The molecule has 1 unspecified atom stereocenters. The number of aliphatic imine (C=N–C) groups is 1. The van der Waals surface area contributed by atoms with Gasteiger partial charge in [-0.25, -0.2) is 19.4 Å². The summed E-state index contributed by atoms with van der Waals surface area (Å²) in [6, 6.07) is 15.1. The minimum absolute atomic E-state index is 0.176. The molecule has 0 aliphatic heterocycles. The molecule has 5 rings (SSSR count). The first-order valence-electron chi connectivity index (χ1n) is 8.73. The third-order valence-corrected chi connectivity index (χ3v) is 5.02. The molecular weight excluding hydrogens is 325 g/mol. The van der Waals surface area contributed by atoms with Crippen molar-refractivity contribution in [1.82, 2.24) is 9.97 Å². The molecule has 0 amide bonds. The fourth-order valence-electron chi connectivity index (χ4n) is 3.61. The van der Waals surface area contributed by atoms with Gasteiger partial charge in [-0.3, -0.25) is 0 Å². The van der Waals surface area contributed by atoms with Crippen molar-refractivity contribution in [3.8, 4) is 11.3 Å². The van der Waals surface area contributed by atoms with Crippen LogP contribution in [0.2, 0.25) is 0 Å². The van der Waals surface area contributed by atoms with Crippen LogP contribution in [0.4, 0.5) is 10.3 Å². The van der Waals surface area contributed by atoms with Gasteiger partial charge < -0.3 is 0 Å². The van der Waals surface area contributed by atoms with E-state index in [0.717, 1.165) is 40.9 Å². The van der Waals surface area contributed by atoms with Crippen molar-refractivity contribution >= 4 is 11.7 Å². The summed E-state index contributed by atoms with van der Waals surface area (Å²) in [5.41, 5.74) is 6.50. The maximum Gasteiger partial charge on any atom is 0.250 e. The van der Waals surface area contributed by atoms with Crippen LogP contribution in [0.5, 0.6) is 0 Å². The average Bonchev–Trinajstić information content (AvgIpc) is 2.65. The minimum Gasteiger partial charge on any atom is -0.219 e. The normalized spacial score (nSPS) is 19.0. The first-order valence-corrected chi connectivity index (χ1v) is 8.73. The van der Waals surface area contributed by atoms with Crippen molar-refractivity contribution in [3.05, 3.63) is 89.4 Å². The molecule has 126 valence electrons. The van der Waals surface area contributed by atoms with E-state index in [4.69, 9.17) is 4.98 Å². The van der Waals surface area contributed by atoms with Crippen LogP contribution in [0.3, 0.4) is 0 Å². The summed E-state index contributed by atoms with van der Waals surface area (Å²) in [5, 5.41) is 0. The second-order valence-corrected chi connectivity index (χ2v) is 6.65. The monoisotopic (exact) mass is 341 g/mol. The zero-order valence-electron chi connectivity index (χ0n) is 14.1. The summed E-state index contributed by atoms with van der Waals surface area (Å²) in [7, 11) is 0. The highest BCUT2D eigenvalue weighted by Gasteiger charge is 2.27. The highest BCUT2D eigenvalue weighted by Crippen LogP contribution is 2.41. The van der Waals surface area contributed by atoms with Gasteiger partial charge in [-0.05, 0) is 41.3 Å². The largest absolute Gasteiger partial charge is 0.250 e. The lowest BCUT2D eigenvalue weighted by Gasteiger charge is -2.27. The molecule has 0 saturated carbocycles. The van der Waals surface area contributed by atoms with Gasteiger partial charge in [-0.1, -0.05) is 42.5 Å². The Hall–Kier alpha value is -3.14. The number of aromatic nitrogens is 2. The molecular formula is C22H16FN3. The molecule has 0 fully saturated rings. The van der Waals surface area contributed by atoms with Crippen molar-refractivity contribution < 1.29 is 4.39 Å². The maximum atomic E-state index is 13.3. The fraction of sp³-hybridized carbons (Fsp3) is 0.136. The number of fused-ring (bicyclic) bond motifs is 3. The average molecular weight is 341 g/mol. The number of hydrogen-bond acceptors (Lipinski definition) is 3. The van der Waals surface area contributed by atoms with Gasteiger partial charge in [0.2, 0.25) is 5.95 Å². The Labute approximate surface area is 151 Å². The van der Waals surface area contributed by atoms with Crippen LogP contribution in [0.15, 0.2) is 71.9 Å². The van der Waals surface area contributed by atoms with Crippen molar-refractivity contribution in [3.63, 3.8) is 0 Å². The molecule has 0 N–H and O–H groups in total. The molecule has 0 radical (unpaired) electrons. The third-order valence-electron chi connectivity index (χ3n) is 5.02. The number of hydrogen-bond donors (Lipinski definition) is 0. The molecule has 26 heavy (non-hydrogen) atoms. The van der Waals surface area contributed by atoms with Gasteiger partial charge in [-0.2, -0.15) is 0 Å². The van der Waals surface area contributed by atoms with Gasteiger partial charge in [0.15, 0.2) is 0 Å². The van der Waals surface area contributed by atoms with E-state index in [-0.39, 0.29) is 11.7 Å². The quantitative estimate of drug-likeness (QED) is 0.657.